The first-order valence-corrected chi connectivity index (χ1v) is 6.85. The van der Waals surface area contributed by atoms with E-state index in [1.165, 1.54) is 0 Å². The second kappa shape index (κ2) is 7.61. The number of methoxy groups -OCH3 is 1. The van der Waals surface area contributed by atoms with Crippen LogP contribution >= 0.6 is 0 Å². The molecule has 0 aliphatic carbocycles. The first kappa shape index (κ1) is 16.0. The molecule has 0 aliphatic heterocycles. The van der Waals surface area contributed by atoms with Crippen LogP contribution in [-0.2, 0) is 4.79 Å². The number of rotatable bonds is 5. The van der Waals surface area contributed by atoms with Crippen molar-refractivity contribution < 1.29 is 14.3 Å². The van der Waals surface area contributed by atoms with Crippen LogP contribution in [0.3, 0.4) is 0 Å². The SMILES string of the molecule is COc1ccc(C(=O)NCC(=O)Nc2ccccc2C#N)cc1. The summed E-state index contributed by atoms with van der Waals surface area (Å²) in [6, 6.07) is 15.2. The van der Waals surface area contributed by atoms with E-state index in [4.69, 9.17) is 10.00 Å². The summed E-state index contributed by atoms with van der Waals surface area (Å²) in [4.78, 5) is 23.8. The maximum atomic E-state index is 11.9. The third kappa shape index (κ3) is 4.32. The van der Waals surface area contributed by atoms with Crippen LogP contribution in [0.4, 0.5) is 5.69 Å². The number of nitrogens with one attached hydrogen (secondary N) is 2. The van der Waals surface area contributed by atoms with E-state index in [1.54, 1.807) is 55.6 Å². The van der Waals surface area contributed by atoms with Gasteiger partial charge in [-0.2, -0.15) is 5.26 Å². The molecule has 2 amide bonds. The lowest BCUT2D eigenvalue weighted by molar-refractivity contribution is -0.115. The van der Waals surface area contributed by atoms with Crippen LogP contribution in [0.5, 0.6) is 5.75 Å². The van der Waals surface area contributed by atoms with Gasteiger partial charge in [-0.05, 0) is 36.4 Å². The highest BCUT2D eigenvalue weighted by Crippen LogP contribution is 2.13. The number of amides is 2. The van der Waals surface area contributed by atoms with E-state index in [0.29, 0.717) is 22.6 Å². The Morgan fingerprint density at radius 1 is 1.13 bits per heavy atom. The summed E-state index contributed by atoms with van der Waals surface area (Å²) in [5.41, 5.74) is 1.21. The zero-order valence-electron chi connectivity index (χ0n) is 12.5. The van der Waals surface area contributed by atoms with Crippen LogP contribution in [0, 0.1) is 11.3 Å². The van der Waals surface area contributed by atoms with Crippen LogP contribution in [0.2, 0.25) is 0 Å². The molecule has 23 heavy (non-hydrogen) atoms. The monoisotopic (exact) mass is 309 g/mol. The molecule has 0 atom stereocenters. The Balaban J connectivity index is 1.91. The predicted molar refractivity (Wildman–Crippen MR) is 85.1 cm³/mol. The fraction of sp³-hybridized carbons (Fsp3) is 0.118. The first-order valence-electron chi connectivity index (χ1n) is 6.85. The number of nitriles is 1. The van der Waals surface area contributed by atoms with Crippen LogP contribution < -0.4 is 15.4 Å². The molecule has 0 radical (unpaired) electrons. The van der Waals surface area contributed by atoms with Gasteiger partial charge in [0.2, 0.25) is 5.91 Å². The summed E-state index contributed by atoms with van der Waals surface area (Å²) in [6.07, 6.45) is 0. The fourth-order valence-electron chi connectivity index (χ4n) is 1.89. The van der Waals surface area contributed by atoms with Gasteiger partial charge in [-0.3, -0.25) is 9.59 Å². The molecule has 0 unspecified atom stereocenters. The molecule has 0 bridgehead atoms. The highest BCUT2D eigenvalue weighted by molar-refractivity contribution is 5.99. The van der Waals surface area contributed by atoms with Crippen molar-refractivity contribution in [1.82, 2.24) is 5.32 Å². The number of carbonyl (C=O) groups is 2. The topological polar surface area (TPSA) is 91.2 Å². The van der Waals surface area contributed by atoms with Gasteiger partial charge in [-0.1, -0.05) is 12.1 Å². The standard InChI is InChI=1S/C17H15N3O3/c1-23-14-8-6-12(7-9-14)17(22)19-11-16(21)20-15-5-3-2-4-13(15)10-18/h2-9H,11H2,1H3,(H,19,22)(H,20,21). The molecule has 116 valence electrons. The maximum Gasteiger partial charge on any atom is 0.251 e. The molecule has 0 aliphatic rings. The maximum absolute atomic E-state index is 11.9. The molecule has 0 heterocycles. The Morgan fingerprint density at radius 2 is 1.83 bits per heavy atom. The second-order valence-electron chi connectivity index (χ2n) is 4.62. The molecule has 0 saturated heterocycles. The van der Waals surface area contributed by atoms with Gasteiger partial charge in [0.05, 0.1) is 24.9 Å². The summed E-state index contributed by atoms with van der Waals surface area (Å²) in [5, 5.41) is 14.1. The van der Waals surface area contributed by atoms with Gasteiger partial charge in [0.25, 0.3) is 5.91 Å². The first-order chi connectivity index (χ1) is 11.1. The number of nitrogens with zero attached hydrogens (tertiary/aromatic N) is 1. The normalized spacial score (nSPS) is 9.57. The van der Waals surface area contributed by atoms with Crippen molar-refractivity contribution in [1.29, 1.82) is 5.26 Å². The van der Waals surface area contributed by atoms with Crippen LogP contribution in [0.25, 0.3) is 0 Å². The van der Waals surface area contributed by atoms with E-state index in [0.717, 1.165) is 0 Å². The van der Waals surface area contributed by atoms with Gasteiger partial charge < -0.3 is 15.4 Å². The zero-order valence-corrected chi connectivity index (χ0v) is 12.5. The highest BCUT2D eigenvalue weighted by Gasteiger charge is 2.10. The molecule has 0 aromatic heterocycles. The van der Waals surface area contributed by atoms with E-state index >= 15 is 0 Å². The average molecular weight is 309 g/mol. The zero-order chi connectivity index (χ0) is 16.7. The van der Waals surface area contributed by atoms with Crippen molar-refractivity contribution >= 4 is 17.5 Å². The number of para-hydroxylation sites is 1. The summed E-state index contributed by atoms with van der Waals surface area (Å²) in [7, 11) is 1.54. The lowest BCUT2D eigenvalue weighted by Gasteiger charge is -2.08. The minimum atomic E-state index is -0.408. The highest BCUT2D eigenvalue weighted by atomic mass is 16.5. The summed E-state index contributed by atoms with van der Waals surface area (Å²) < 4.78 is 5.01. The third-order valence-corrected chi connectivity index (χ3v) is 3.08. The molecular weight excluding hydrogens is 294 g/mol. The fourth-order valence-corrected chi connectivity index (χ4v) is 1.89. The molecule has 0 saturated carbocycles. The lowest BCUT2D eigenvalue weighted by atomic mass is 10.2. The van der Waals surface area contributed by atoms with Gasteiger partial charge in [0, 0.05) is 5.56 Å². The Bertz CT molecular complexity index is 748. The van der Waals surface area contributed by atoms with Crippen molar-refractivity contribution in [3.8, 4) is 11.8 Å². The van der Waals surface area contributed by atoms with Gasteiger partial charge in [0.1, 0.15) is 11.8 Å². The number of carbonyl (C=O) groups excluding carboxylic acids is 2. The smallest absolute Gasteiger partial charge is 0.251 e. The molecular formula is C17H15N3O3. The van der Waals surface area contributed by atoms with Crippen molar-refractivity contribution in [3.05, 3.63) is 59.7 Å². The molecule has 6 nitrogen and oxygen atoms in total. The van der Waals surface area contributed by atoms with Crippen molar-refractivity contribution in [2.45, 2.75) is 0 Å². The predicted octanol–water partition coefficient (Wildman–Crippen LogP) is 1.94. The Morgan fingerprint density at radius 3 is 2.48 bits per heavy atom. The molecule has 2 aromatic carbocycles. The van der Waals surface area contributed by atoms with Gasteiger partial charge in [-0.25, -0.2) is 0 Å². The van der Waals surface area contributed by atoms with E-state index < -0.39 is 5.91 Å². The molecule has 2 rings (SSSR count). The molecule has 2 N–H and O–H groups in total. The third-order valence-electron chi connectivity index (χ3n) is 3.08. The molecule has 2 aromatic rings. The number of anilines is 1. The summed E-state index contributed by atoms with van der Waals surface area (Å²) >= 11 is 0. The Kier molecular flexibility index (Phi) is 5.31. The van der Waals surface area contributed by atoms with E-state index in [-0.39, 0.29) is 12.5 Å². The summed E-state index contributed by atoms with van der Waals surface area (Å²) in [6.45, 7) is -0.190. The number of ether oxygens (including phenoxy) is 1. The van der Waals surface area contributed by atoms with E-state index in [9.17, 15) is 9.59 Å². The number of benzene rings is 2. The van der Waals surface area contributed by atoms with Gasteiger partial charge in [0.15, 0.2) is 0 Å². The molecule has 0 spiro atoms. The van der Waals surface area contributed by atoms with E-state index in [1.807, 2.05) is 6.07 Å². The van der Waals surface area contributed by atoms with Crippen molar-refractivity contribution in [2.75, 3.05) is 19.0 Å². The number of hydrogen-bond donors (Lipinski definition) is 2. The van der Waals surface area contributed by atoms with E-state index in [2.05, 4.69) is 10.6 Å². The van der Waals surface area contributed by atoms with Gasteiger partial charge in [-0.15, -0.1) is 0 Å². The lowest BCUT2D eigenvalue weighted by Crippen LogP contribution is -2.32. The minimum absolute atomic E-state index is 0.190. The number of hydrogen-bond acceptors (Lipinski definition) is 4. The average Bonchev–Trinajstić information content (AvgIpc) is 2.60. The molecule has 0 fully saturated rings. The van der Waals surface area contributed by atoms with Gasteiger partial charge >= 0.3 is 0 Å². The second-order valence-corrected chi connectivity index (χ2v) is 4.62. The Hall–Kier alpha value is -3.33. The van der Waals surface area contributed by atoms with Crippen LogP contribution in [-0.4, -0.2) is 25.5 Å². The quantitative estimate of drug-likeness (QED) is 0.883. The van der Waals surface area contributed by atoms with Crippen LogP contribution in [0.1, 0.15) is 15.9 Å². The van der Waals surface area contributed by atoms with Crippen molar-refractivity contribution in [2.24, 2.45) is 0 Å². The largest absolute Gasteiger partial charge is 0.497 e. The Labute approximate surface area is 133 Å². The van der Waals surface area contributed by atoms with Crippen LogP contribution in [0.15, 0.2) is 48.5 Å². The minimum Gasteiger partial charge on any atom is -0.497 e. The summed E-state index contributed by atoms with van der Waals surface area (Å²) in [5.74, 6) is -0.127. The molecule has 6 heteroatoms. The van der Waals surface area contributed by atoms with Crippen molar-refractivity contribution in [3.63, 3.8) is 0 Å².